The molecule has 7 heteroatoms. The van der Waals surface area contributed by atoms with Gasteiger partial charge >= 0.3 is 0 Å². The Hall–Kier alpha value is -0.890. The molecule has 0 saturated heterocycles. The van der Waals surface area contributed by atoms with E-state index in [2.05, 4.69) is 10.0 Å². The van der Waals surface area contributed by atoms with Gasteiger partial charge in [-0.2, -0.15) is 0 Å². The van der Waals surface area contributed by atoms with Gasteiger partial charge in [-0.15, -0.1) is 0 Å². The lowest BCUT2D eigenvalue weighted by Gasteiger charge is -2.13. The van der Waals surface area contributed by atoms with Crippen LogP contribution in [0.3, 0.4) is 0 Å². The van der Waals surface area contributed by atoms with Gasteiger partial charge in [0.1, 0.15) is 16.4 Å². The van der Waals surface area contributed by atoms with Crippen molar-refractivity contribution in [1.82, 2.24) is 10.0 Å². The topological polar surface area (TPSA) is 80.6 Å². The van der Waals surface area contributed by atoms with Crippen LogP contribution in [-0.4, -0.2) is 34.7 Å². The lowest BCUT2D eigenvalue weighted by molar-refractivity contribution is 0.133. The minimum absolute atomic E-state index is 0.182. The third-order valence-corrected chi connectivity index (χ3v) is 4.19. The second-order valence-corrected chi connectivity index (χ2v) is 6.03. The Bertz CT molecular complexity index is 496. The van der Waals surface area contributed by atoms with Crippen LogP contribution in [0.1, 0.15) is 25.4 Å². The Labute approximate surface area is 114 Å². The highest BCUT2D eigenvalue weighted by atomic mass is 32.2. The molecule has 1 unspecified atom stereocenters. The van der Waals surface area contributed by atoms with Gasteiger partial charge in [0.15, 0.2) is 0 Å². The monoisotopic (exact) mass is 290 g/mol. The molecular weight excluding hydrogens is 268 g/mol. The minimum atomic E-state index is -3.57. The average molecular weight is 290 g/mol. The first-order chi connectivity index (χ1) is 8.90. The molecule has 0 aliphatic carbocycles. The van der Waals surface area contributed by atoms with Gasteiger partial charge in [0, 0.05) is 18.7 Å². The number of hydrogen-bond acceptors (Lipinski definition) is 5. The highest BCUT2D eigenvalue weighted by molar-refractivity contribution is 7.89. The highest BCUT2D eigenvalue weighted by Crippen LogP contribution is 2.20. The Morgan fingerprint density at radius 3 is 2.74 bits per heavy atom. The normalized spacial score (nSPS) is 13.7. The zero-order valence-electron chi connectivity index (χ0n) is 11.8. The van der Waals surface area contributed by atoms with E-state index in [1.807, 2.05) is 6.92 Å². The second kappa shape index (κ2) is 7.04. The number of hydrogen-bond donors (Lipinski definition) is 2. The SMILES string of the molecule is CCOCC(C)NS(=O)(=O)c1cc(CNC)oc1C. The smallest absolute Gasteiger partial charge is 0.244 e. The van der Waals surface area contributed by atoms with Gasteiger partial charge in [0.05, 0.1) is 13.2 Å². The number of rotatable bonds is 8. The lowest BCUT2D eigenvalue weighted by atomic mass is 10.4. The number of furan rings is 1. The van der Waals surface area contributed by atoms with Crippen LogP contribution in [-0.2, 0) is 21.3 Å². The van der Waals surface area contributed by atoms with E-state index in [1.165, 1.54) is 0 Å². The molecule has 110 valence electrons. The van der Waals surface area contributed by atoms with Crippen LogP contribution >= 0.6 is 0 Å². The summed E-state index contributed by atoms with van der Waals surface area (Å²) in [6.45, 7) is 6.66. The number of aryl methyl sites for hydroxylation is 1. The molecule has 0 spiro atoms. The van der Waals surface area contributed by atoms with Crippen LogP contribution in [0.4, 0.5) is 0 Å². The summed E-state index contributed by atoms with van der Waals surface area (Å²) in [4.78, 5) is 0.182. The van der Waals surface area contributed by atoms with Gasteiger partial charge in [0.25, 0.3) is 0 Å². The standard InChI is InChI=1S/C12H22N2O4S/c1-5-17-8-9(2)14-19(15,16)12-6-11(7-13-4)18-10(12)3/h6,9,13-14H,5,7-8H2,1-4H3. The molecule has 0 aromatic carbocycles. The summed E-state index contributed by atoms with van der Waals surface area (Å²) in [6, 6.07) is 1.26. The maximum Gasteiger partial charge on any atom is 0.244 e. The van der Waals surface area contributed by atoms with Crippen molar-refractivity contribution in [3.05, 3.63) is 17.6 Å². The molecule has 1 atom stereocenters. The first-order valence-electron chi connectivity index (χ1n) is 6.24. The van der Waals surface area contributed by atoms with Crippen molar-refractivity contribution in [2.75, 3.05) is 20.3 Å². The summed E-state index contributed by atoms with van der Waals surface area (Å²) < 4.78 is 37.5. The van der Waals surface area contributed by atoms with E-state index in [-0.39, 0.29) is 10.9 Å². The first kappa shape index (κ1) is 16.2. The minimum Gasteiger partial charge on any atom is -0.464 e. The fourth-order valence-electron chi connectivity index (χ4n) is 1.71. The predicted octanol–water partition coefficient (Wildman–Crippen LogP) is 1.01. The van der Waals surface area contributed by atoms with E-state index in [4.69, 9.17) is 9.15 Å². The highest BCUT2D eigenvalue weighted by Gasteiger charge is 2.23. The number of sulfonamides is 1. The molecule has 19 heavy (non-hydrogen) atoms. The van der Waals surface area contributed by atoms with Crippen LogP contribution in [0.25, 0.3) is 0 Å². The average Bonchev–Trinajstić information content (AvgIpc) is 2.68. The Balaban J connectivity index is 2.82. The molecule has 0 fully saturated rings. The largest absolute Gasteiger partial charge is 0.464 e. The molecular formula is C12H22N2O4S. The predicted molar refractivity (Wildman–Crippen MR) is 72.5 cm³/mol. The molecule has 0 amide bonds. The fraction of sp³-hybridized carbons (Fsp3) is 0.667. The molecule has 1 heterocycles. The molecule has 0 aliphatic rings. The molecule has 0 saturated carbocycles. The van der Waals surface area contributed by atoms with Crippen molar-refractivity contribution in [3.63, 3.8) is 0 Å². The van der Waals surface area contributed by atoms with Crippen molar-refractivity contribution in [2.45, 2.75) is 38.3 Å². The van der Waals surface area contributed by atoms with E-state index >= 15 is 0 Å². The summed E-state index contributed by atoms with van der Waals surface area (Å²) in [5.74, 6) is 0.985. The summed E-state index contributed by atoms with van der Waals surface area (Å²) in [7, 11) is -1.80. The summed E-state index contributed by atoms with van der Waals surface area (Å²) in [5.41, 5.74) is 0. The quantitative estimate of drug-likeness (QED) is 0.747. The van der Waals surface area contributed by atoms with E-state index in [0.717, 1.165) is 0 Å². The first-order valence-corrected chi connectivity index (χ1v) is 7.73. The third-order valence-electron chi connectivity index (χ3n) is 2.49. The molecule has 1 aromatic rings. The Morgan fingerprint density at radius 1 is 1.47 bits per heavy atom. The van der Waals surface area contributed by atoms with Crippen molar-refractivity contribution in [1.29, 1.82) is 0 Å². The molecule has 0 radical (unpaired) electrons. The molecule has 0 aliphatic heterocycles. The number of nitrogens with one attached hydrogen (secondary N) is 2. The molecule has 0 bridgehead atoms. The van der Waals surface area contributed by atoms with Gasteiger partial charge in [-0.3, -0.25) is 0 Å². The lowest BCUT2D eigenvalue weighted by Crippen LogP contribution is -2.36. The Kier molecular flexibility index (Phi) is 5.99. The maximum absolute atomic E-state index is 12.2. The van der Waals surface area contributed by atoms with Crippen LogP contribution < -0.4 is 10.0 Å². The van der Waals surface area contributed by atoms with Crippen molar-refractivity contribution >= 4 is 10.0 Å². The van der Waals surface area contributed by atoms with Crippen LogP contribution in [0.5, 0.6) is 0 Å². The van der Waals surface area contributed by atoms with E-state index in [9.17, 15) is 8.42 Å². The number of ether oxygens (including phenoxy) is 1. The van der Waals surface area contributed by atoms with Crippen LogP contribution in [0, 0.1) is 6.92 Å². The van der Waals surface area contributed by atoms with Gasteiger partial charge in [-0.1, -0.05) is 0 Å². The van der Waals surface area contributed by atoms with Crippen molar-refractivity contribution < 1.29 is 17.6 Å². The van der Waals surface area contributed by atoms with E-state index in [1.54, 1.807) is 27.0 Å². The summed E-state index contributed by atoms with van der Waals surface area (Å²) >= 11 is 0. The van der Waals surface area contributed by atoms with Crippen LogP contribution in [0.2, 0.25) is 0 Å². The zero-order valence-corrected chi connectivity index (χ0v) is 12.6. The van der Waals surface area contributed by atoms with Gasteiger partial charge in [-0.05, 0) is 27.8 Å². The second-order valence-electron chi connectivity index (χ2n) is 4.35. The summed E-state index contributed by atoms with van der Waals surface area (Å²) in [6.07, 6.45) is 0. The van der Waals surface area contributed by atoms with Gasteiger partial charge in [-0.25, -0.2) is 13.1 Å². The van der Waals surface area contributed by atoms with Crippen molar-refractivity contribution in [2.24, 2.45) is 0 Å². The van der Waals surface area contributed by atoms with Gasteiger partial charge < -0.3 is 14.5 Å². The molecule has 2 N–H and O–H groups in total. The molecule has 1 rings (SSSR count). The summed E-state index contributed by atoms with van der Waals surface area (Å²) in [5, 5.41) is 2.92. The van der Waals surface area contributed by atoms with E-state index < -0.39 is 10.0 Å². The fourth-order valence-corrected chi connectivity index (χ4v) is 3.14. The van der Waals surface area contributed by atoms with Crippen LogP contribution in [0.15, 0.2) is 15.4 Å². The zero-order chi connectivity index (χ0) is 14.5. The van der Waals surface area contributed by atoms with Crippen molar-refractivity contribution in [3.8, 4) is 0 Å². The van der Waals surface area contributed by atoms with E-state index in [0.29, 0.717) is 31.3 Å². The Morgan fingerprint density at radius 2 is 2.16 bits per heavy atom. The van der Waals surface area contributed by atoms with Gasteiger partial charge in [0.2, 0.25) is 10.0 Å². The molecule has 6 nitrogen and oxygen atoms in total. The maximum atomic E-state index is 12.2. The molecule has 1 aromatic heterocycles. The third kappa shape index (κ3) is 4.61.